The SMILES string of the molecule is CCCCC(=O)OCCOCCOCC. The van der Waals surface area contributed by atoms with Crippen LogP contribution in [0.5, 0.6) is 0 Å². The minimum Gasteiger partial charge on any atom is -0.463 e. The Bertz CT molecular complexity index is 148. The van der Waals surface area contributed by atoms with Gasteiger partial charge in [-0.15, -0.1) is 0 Å². The smallest absolute Gasteiger partial charge is 0.305 e. The number of hydrogen-bond donors (Lipinski definition) is 0. The summed E-state index contributed by atoms with van der Waals surface area (Å²) < 4.78 is 15.2. The van der Waals surface area contributed by atoms with Crippen LogP contribution in [-0.2, 0) is 19.0 Å². The topological polar surface area (TPSA) is 44.8 Å². The van der Waals surface area contributed by atoms with E-state index in [0.717, 1.165) is 12.8 Å². The maximum Gasteiger partial charge on any atom is 0.305 e. The summed E-state index contributed by atoms with van der Waals surface area (Å²) in [7, 11) is 0. The van der Waals surface area contributed by atoms with Gasteiger partial charge in [-0.1, -0.05) is 13.3 Å². The predicted octanol–water partition coefficient (Wildman–Crippen LogP) is 1.77. The number of unbranched alkanes of at least 4 members (excludes halogenated alkanes) is 1. The summed E-state index contributed by atoms with van der Waals surface area (Å²) in [6.07, 6.45) is 2.42. The normalized spacial score (nSPS) is 10.3. The summed E-state index contributed by atoms with van der Waals surface area (Å²) in [6.45, 7) is 6.63. The average molecular weight is 218 g/mol. The van der Waals surface area contributed by atoms with Crippen molar-refractivity contribution in [1.29, 1.82) is 0 Å². The minimum atomic E-state index is -0.134. The molecule has 0 spiro atoms. The summed E-state index contributed by atoms with van der Waals surface area (Å²) in [6, 6.07) is 0. The molecule has 0 N–H and O–H groups in total. The Morgan fingerprint density at radius 2 is 1.67 bits per heavy atom. The van der Waals surface area contributed by atoms with E-state index in [2.05, 4.69) is 0 Å². The molecule has 0 heterocycles. The van der Waals surface area contributed by atoms with Gasteiger partial charge in [-0.25, -0.2) is 0 Å². The second kappa shape index (κ2) is 11.5. The van der Waals surface area contributed by atoms with E-state index in [9.17, 15) is 4.79 Å². The van der Waals surface area contributed by atoms with Crippen LogP contribution < -0.4 is 0 Å². The molecule has 0 rings (SSSR count). The molecule has 0 unspecified atom stereocenters. The van der Waals surface area contributed by atoms with Gasteiger partial charge in [0.2, 0.25) is 0 Å². The molecule has 0 aromatic rings. The van der Waals surface area contributed by atoms with E-state index < -0.39 is 0 Å². The Balaban J connectivity index is 3.06. The molecule has 0 aromatic heterocycles. The predicted molar refractivity (Wildman–Crippen MR) is 57.8 cm³/mol. The van der Waals surface area contributed by atoms with Crippen LogP contribution >= 0.6 is 0 Å². The molecular formula is C11H22O4. The van der Waals surface area contributed by atoms with Crippen molar-refractivity contribution in [2.45, 2.75) is 33.1 Å². The quantitative estimate of drug-likeness (QED) is 0.414. The van der Waals surface area contributed by atoms with Crippen molar-refractivity contribution in [3.63, 3.8) is 0 Å². The third-order valence-electron chi connectivity index (χ3n) is 1.80. The van der Waals surface area contributed by atoms with E-state index in [1.54, 1.807) is 0 Å². The molecule has 15 heavy (non-hydrogen) atoms. The molecule has 0 atom stereocenters. The Morgan fingerprint density at radius 3 is 2.33 bits per heavy atom. The highest BCUT2D eigenvalue weighted by Gasteiger charge is 2.00. The molecule has 4 nitrogen and oxygen atoms in total. The molecule has 0 aliphatic carbocycles. The molecule has 90 valence electrons. The molecule has 0 amide bonds. The molecule has 0 saturated heterocycles. The lowest BCUT2D eigenvalue weighted by Crippen LogP contribution is -2.12. The monoisotopic (exact) mass is 218 g/mol. The number of carbonyl (C=O) groups excluding carboxylic acids is 1. The molecule has 4 heteroatoms. The molecule has 0 aromatic carbocycles. The number of carbonyl (C=O) groups is 1. The fourth-order valence-corrected chi connectivity index (χ4v) is 0.972. The van der Waals surface area contributed by atoms with Crippen molar-refractivity contribution < 1.29 is 19.0 Å². The van der Waals surface area contributed by atoms with Crippen molar-refractivity contribution in [2.24, 2.45) is 0 Å². The second-order valence-electron chi connectivity index (χ2n) is 3.13. The second-order valence-corrected chi connectivity index (χ2v) is 3.13. The van der Waals surface area contributed by atoms with Gasteiger partial charge in [0.15, 0.2) is 0 Å². The Morgan fingerprint density at radius 1 is 1.00 bits per heavy atom. The summed E-state index contributed by atoms with van der Waals surface area (Å²) in [5.74, 6) is -0.134. The van der Waals surface area contributed by atoms with Gasteiger partial charge >= 0.3 is 5.97 Å². The lowest BCUT2D eigenvalue weighted by atomic mass is 10.2. The van der Waals surface area contributed by atoms with Gasteiger partial charge in [0.05, 0.1) is 19.8 Å². The van der Waals surface area contributed by atoms with Crippen LogP contribution in [0.25, 0.3) is 0 Å². The Labute approximate surface area is 91.9 Å². The van der Waals surface area contributed by atoms with Gasteiger partial charge in [0.25, 0.3) is 0 Å². The zero-order valence-electron chi connectivity index (χ0n) is 9.79. The largest absolute Gasteiger partial charge is 0.463 e. The van der Waals surface area contributed by atoms with Crippen LogP contribution in [0.3, 0.4) is 0 Å². The van der Waals surface area contributed by atoms with E-state index in [1.165, 1.54) is 0 Å². The molecule has 0 fully saturated rings. The van der Waals surface area contributed by atoms with Crippen LogP contribution in [-0.4, -0.2) is 39.0 Å². The molecule has 0 radical (unpaired) electrons. The summed E-state index contributed by atoms with van der Waals surface area (Å²) in [5, 5.41) is 0. The summed E-state index contributed by atoms with van der Waals surface area (Å²) >= 11 is 0. The van der Waals surface area contributed by atoms with Gasteiger partial charge in [0.1, 0.15) is 6.61 Å². The fourth-order valence-electron chi connectivity index (χ4n) is 0.972. The molecule has 0 aliphatic heterocycles. The summed E-state index contributed by atoms with van der Waals surface area (Å²) in [5.41, 5.74) is 0. The van der Waals surface area contributed by atoms with Gasteiger partial charge < -0.3 is 14.2 Å². The third-order valence-corrected chi connectivity index (χ3v) is 1.80. The van der Waals surface area contributed by atoms with Crippen LogP contribution in [0.1, 0.15) is 33.1 Å². The zero-order valence-corrected chi connectivity index (χ0v) is 9.79. The van der Waals surface area contributed by atoms with Crippen LogP contribution in [0.15, 0.2) is 0 Å². The van der Waals surface area contributed by atoms with E-state index >= 15 is 0 Å². The minimum absolute atomic E-state index is 0.134. The molecular weight excluding hydrogens is 196 g/mol. The van der Waals surface area contributed by atoms with Crippen molar-refractivity contribution >= 4 is 5.97 Å². The van der Waals surface area contributed by atoms with Crippen LogP contribution in [0.4, 0.5) is 0 Å². The van der Waals surface area contributed by atoms with Gasteiger partial charge in [-0.2, -0.15) is 0 Å². The summed E-state index contributed by atoms with van der Waals surface area (Å²) in [4.78, 5) is 11.0. The van der Waals surface area contributed by atoms with Crippen molar-refractivity contribution in [2.75, 3.05) is 33.0 Å². The highest BCUT2D eigenvalue weighted by molar-refractivity contribution is 5.69. The Hall–Kier alpha value is -0.610. The highest BCUT2D eigenvalue weighted by Crippen LogP contribution is 1.96. The van der Waals surface area contributed by atoms with Crippen LogP contribution in [0.2, 0.25) is 0 Å². The standard InChI is InChI=1S/C11H22O4/c1-3-5-6-11(12)15-10-9-14-8-7-13-4-2/h3-10H2,1-2H3. The van der Waals surface area contributed by atoms with Crippen molar-refractivity contribution in [3.05, 3.63) is 0 Å². The number of esters is 1. The average Bonchev–Trinajstić information content (AvgIpc) is 2.25. The maximum atomic E-state index is 11.0. The van der Waals surface area contributed by atoms with E-state index in [4.69, 9.17) is 14.2 Å². The first-order chi connectivity index (χ1) is 7.31. The molecule has 0 aliphatic rings. The first-order valence-electron chi connectivity index (χ1n) is 5.62. The molecule has 0 bridgehead atoms. The van der Waals surface area contributed by atoms with Crippen molar-refractivity contribution in [1.82, 2.24) is 0 Å². The zero-order chi connectivity index (χ0) is 11.4. The number of hydrogen-bond acceptors (Lipinski definition) is 4. The van der Waals surface area contributed by atoms with Crippen molar-refractivity contribution in [3.8, 4) is 0 Å². The van der Waals surface area contributed by atoms with E-state index in [-0.39, 0.29) is 5.97 Å². The maximum absolute atomic E-state index is 11.0. The van der Waals surface area contributed by atoms with Crippen LogP contribution in [0, 0.1) is 0 Å². The first-order valence-corrected chi connectivity index (χ1v) is 5.62. The Kier molecular flexibility index (Phi) is 11.0. The lowest BCUT2D eigenvalue weighted by Gasteiger charge is -2.05. The van der Waals surface area contributed by atoms with E-state index in [1.807, 2.05) is 13.8 Å². The van der Waals surface area contributed by atoms with Gasteiger partial charge in [-0.3, -0.25) is 4.79 Å². The highest BCUT2D eigenvalue weighted by atomic mass is 16.6. The van der Waals surface area contributed by atoms with Gasteiger partial charge in [0, 0.05) is 13.0 Å². The van der Waals surface area contributed by atoms with E-state index in [0.29, 0.717) is 39.5 Å². The lowest BCUT2D eigenvalue weighted by molar-refractivity contribution is -0.145. The van der Waals surface area contributed by atoms with Gasteiger partial charge in [-0.05, 0) is 13.3 Å². The third kappa shape index (κ3) is 11.3. The molecule has 0 saturated carbocycles. The number of ether oxygens (including phenoxy) is 3. The number of rotatable bonds is 10. The first kappa shape index (κ1) is 14.4. The fraction of sp³-hybridized carbons (Fsp3) is 0.909.